The van der Waals surface area contributed by atoms with E-state index in [0.29, 0.717) is 11.4 Å². The van der Waals surface area contributed by atoms with Crippen LogP contribution in [-0.2, 0) is 5.41 Å². The number of hydrogen-bond donors (Lipinski definition) is 2. The van der Waals surface area contributed by atoms with Crippen LogP contribution in [0.25, 0.3) is 0 Å². The van der Waals surface area contributed by atoms with Gasteiger partial charge in [0.05, 0.1) is 5.69 Å². The highest BCUT2D eigenvalue weighted by Crippen LogP contribution is 2.30. The maximum atomic E-state index is 12.2. The average Bonchev–Trinajstić information content (AvgIpc) is 2.40. The number of phenols is 1. The number of carbonyl (C=O) groups excluding carboxylic acids is 1. The Balaban J connectivity index is 2.29. The normalized spacial score (nSPS) is 11.2. The molecule has 0 unspecified atom stereocenters. The monoisotopic (exact) mass is 284 g/mol. The van der Waals surface area contributed by atoms with Crippen LogP contribution in [0.15, 0.2) is 36.4 Å². The van der Waals surface area contributed by atoms with Crippen LogP contribution in [0.2, 0.25) is 0 Å². The number of benzene rings is 1. The van der Waals surface area contributed by atoms with E-state index in [-0.39, 0.29) is 17.1 Å². The number of amides is 1. The highest BCUT2D eigenvalue weighted by molar-refractivity contribution is 6.03. The number of rotatable bonds is 2. The third kappa shape index (κ3) is 3.60. The van der Waals surface area contributed by atoms with Crippen LogP contribution in [0.4, 0.5) is 5.69 Å². The van der Waals surface area contributed by atoms with Crippen molar-refractivity contribution in [2.75, 3.05) is 5.32 Å². The fourth-order valence-corrected chi connectivity index (χ4v) is 1.96. The van der Waals surface area contributed by atoms with Crippen molar-refractivity contribution < 1.29 is 9.90 Å². The summed E-state index contributed by atoms with van der Waals surface area (Å²) in [5, 5.41) is 12.6. The number of nitrogens with one attached hydrogen (secondary N) is 1. The fraction of sp³-hybridized carbons (Fsp3) is 0.294. The number of aryl methyl sites for hydroxylation is 1. The van der Waals surface area contributed by atoms with Gasteiger partial charge in [0, 0.05) is 5.69 Å². The summed E-state index contributed by atoms with van der Waals surface area (Å²) in [6.07, 6.45) is 0. The van der Waals surface area contributed by atoms with E-state index in [1.807, 2.05) is 19.1 Å². The number of nitrogens with zero attached hydrogens (tertiary/aromatic N) is 1. The average molecular weight is 284 g/mol. The van der Waals surface area contributed by atoms with Crippen LogP contribution in [-0.4, -0.2) is 16.0 Å². The lowest BCUT2D eigenvalue weighted by atomic mass is 9.87. The Morgan fingerprint density at radius 3 is 2.52 bits per heavy atom. The van der Waals surface area contributed by atoms with E-state index in [2.05, 4.69) is 31.1 Å². The molecular weight excluding hydrogens is 264 g/mol. The summed E-state index contributed by atoms with van der Waals surface area (Å²) in [6, 6.07) is 10.5. The van der Waals surface area contributed by atoms with Gasteiger partial charge in [-0.25, -0.2) is 4.98 Å². The lowest BCUT2D eigenvalue weighted by Crippen LogP contribution is -2.16. The molecule has 2 rings (SSSR count). The molecule has 0 aliphatic heterocycles. The first-order valence-electron chi connectivity index (χ1n) is 6.86. The largest absolute Gasteiger partial charge is 0.506 e. The van der Waals surface area contributed by atoms with Crippen molar-refractivity contribution in [3.63, 3.8) is 0 Å². The number of phenolic OH excluding ortho intramolecular Hbond substituents is 1. The van der Waals surface area contributed by atoms with Crippen molar-refractivity contribution >= 4 is 11.6 Å². The van der Waals surface area contributed by atoms with E-state index >= 15 is 0 Å². The van der Waals surface area contributed by atoms with Crippen molar-refractivity contribution in [2.24, 2.45) is 0 Å². The molecule has 0 aliphatic rings. The highest BCUT2D eigenvalue weighted by Gasteiger charge is 2.17. The van der Waals surface area contributed by atoms with Crippen molar-refractivity contribution in [2.45, 2.75) is 33.1 Å². The van der Waals surface area contributed by atoms with E-state index < -0.39 is 0 Å². The first-order valence-corrected chi connectivity index (χ1v) is 6.86. The summed E-state index contributed by atoms with van der Waals surface area (Å²) >= 11 is 0. The Morgan fingerprint density at radius 2 is 1.90 bits per heavy atom. The van der Waals surface area contributed by atoms with Gasteiger partial charge in [-0.2, -0.15) is 0 Å². The van der Waals surface area contributed by atoms with Gasteiger partial charge < -0.3 is 10.4 Å². The van der Waals surface area contributed by atoms with Crippen molar-refractivity contribution in [3.8, 4) is 5.75 Å². The summed E-state index contributed by atoms with van der Waals surface area (Å²) in [7, 11) is 0. The van der Waals surface area contributed by atoms with Crippen molar-refractivity contribution in [1.82, 2.24) is 4.98 Å². The molecule has 0 saturated heterocycles. The third-order valence-corrected chi connectivity index (χ3v) is 3.23. The van der Waals surface area contributed by atoms with E-state index in [9.17, 15) is 9.90 Å². The molecule has 1 heterocycles. The molecule has 0 saturated carbocycles. The van der Waals surface area contributed by atoms with Crippen LogP contribution in [0, 0.1) is 6.92 Å². The molecule has 21 heavy (non-hydrogen) atoms. The molecule has 2 N–H and O–H groups in total. The van der Waals surface area contributed by atoms with Crippen LogP contribution < -0.4 is 5.32 Å². The first kappa shape index (κ1) is 15.0. The Morgan fingerprint density at radius 1 is 1.19 bits per heavy atom. The van der Waals surface area contributed by atoms with Crippen molar-refractivity contribution in [1.29, 1.82) is 0 Å². The number of carbonyl (C=O) groups is 1. The second-order valence-corrected chi connectivity index (χ2v) is 6.10. The van der Waals surface area contributed by atoms with E-state index in [0.717, 1.165) is 11.3 Å². The minimum atomic E-state index is -0.333. The molecule has 1 amide bonds. The third-order valence-electron chi connectivity index (χ3n) is 3.23. The summed E-state index contributed by atoms with van der Waals surface area (Å²) in [4.78, 5) is 16.4. The van der Waals surface area contributed by atoms with Gasteiger partial charge in [-0.1, -0.05) is 32.9 Å². The Labute approximate surface area is 124 Å². The molecular formula is C17H20N2O2. The molecule has 0 bridgehead atoms. The molecule has 4 nitrogen and oxygen atoms in total. The maximum absolute atomic E-state index is 12.2. The van der Waals surface area contributed by atoms with Gasteiger partial charge in [0.2, 0.25) is 0 Å². The zero-order valence-corrected chi connectivity index (χ0v) is 12.8. The molecule has 0 spiro atoms. The molecule has 0 aliphatic carbocycles. The predicted molar refractivity (Wildman–Crippen MR) is 83.7 cm³/mol. The first-order chi connectivity index (χ1) is 9.77. The number of pyridine rings is 1. The van der Waals surface area contributed by atoms with E-state index in [4.69, 9.17) is 0 Å². The van der Waals surface area contributed by atoms with Crippen LogP contribution >= 0.6 is 0 Å². The summed E-state index contributed by atoms with van der Waals surface area (Å²) in [5.74, 6) is -0.288. The second-order valence-electron chi connectivity index (χ2n) is 6.10. The van der Waals surface area contributed by atoms with Gasteiger partial charge >= 0.3 is 0 Å². The molecule has 0 fully saturated rings. The minimum absolute atomic E-state index is 0.0454. The summed E-state index contributed by atoms with van der Waals surface area (Å²) in [5.41, 5.74) is 2.48. The summed E-state index contributed by atoms with van der Waals surface area (Å²) in [6.45, 7) is 8.06. The predicted octanol–water partition coefficient (Wildman–Crippen LogP) is 3.65. The minimum Gasteiger partial charge on any atom is -0.506 e. The lowest BCUT2D eigenvalue weighted by molar-refractivity contribution is 0.102. The smallest absolute Gasteiger partial charge is 0.274 e. The van der Waals surface area contributed by atoms with Gasteiger partial charge in [-0.3, -0.25) is 4.79 Å². The zero-order chi connectivity index (χ0) is 15.6. The molecule has 0 radical (unpaired) electrons. The fourth-order valence-electron chi connectivity index (χ4n) is 1.96. The molecule has 110 valence electrons. The number of hydrogen-bond acceptors (Lipinski definition) is 3. The zero-order valence-electron chi connectivity index (χ0n) is 12.8. The van der Waals surface area contributed by atoms with Gasteiger partial charge in [0.25, 0.3) is 5.91 Å². The van der Waals surface area contributed by atoms with Crippen LogP contribution in [0.3, 0.4) is 0 Å². The van der Waals surface area contributed by atoms with Gasteiger partial charge in [-0.05, 0) is 42.2 Å². The van der Waals surface area contributed by atoms with E-state index in [1.165, 1.54) is 0 Å². The molecule has 1 aromatic carbocycles. The summed E-state index contributed by atoms with van der Waals surface area (Å²) < 4.78 is 0. The Hall–Kier alpha value is -2.36. The standard InChI is InChI=1S/C17H20N2O2/c1-11-6-5-7-13(18-11)16(21)19-14-10-12(17(2,3)4)8-9-15(14)20/h5-10,20H,1-4H3,(H,19,21). The SMILES string of the molecule is Cc1cccc(C(=O)Nc2cc(C(C)(C)C)ccc2O)n1. The number of aromatic hydroxyl groups is 1. The molecule has 2 aromatic rings. The molecule has 4 heteroatoms. The maximum Gasteiger partial charge on any atom is 0.274 e. The van der Waals surface area contributed by atoms with Crippen molar-refractivity contribution in [3.05, 3.63) is 53.3 Å². The number of aromatic nitrogens is 1. The molecule has 0 atom stereocenters. The van der Waals surface area contributed by atoms with Gasteiger partial charge in [0.15, 0.2) is 0 Å². The highest BCUT2D eigenvalue weighted by atomic mass is 16.3. The number of anilines is 1. The Kier molecular flexibility index (Phi) is 3.98. The van der Waals surface area contributed by atoms with Crippen LogP contribution in [0.5, 0.6) is 5.75 Å². The molecule has 1 aromatic heterocycles. The van der Waals surface area contributed by atoms with E-state index in [1.54, 1.807) is 24.3 Å². The second kappa shape index (κ2) is 5.56. The van der Waals surface area contributed by atoms with Crippen LogP contribution in [0.1, 0.15) is 42.5 Å². The quantitative estimate of drug-likeness (QED) is 0.827. The Bertz CT molecular complexity index is 673. The van der Waals surface area contributed by atoms with Gasteiger partial charge in [0.1, 0.15) is 11.4 Å². The van der Waals surface area contributed by atoms with Gasteiger partial charge in [-0.15, -0.1) is 0 Å². The lowest BCUT2D eigenvalue weighted by Gasteiger charge is -2.20. The topological polar surface area (TPSA) is 62.2 Å².